The van der Waals surface area contributed by atoms with Crippen molar-refractivity contribution in [1.82, 2.24) is 0 Å². The quantitative estimate of drug-likeness (QED) is 0.604. The van der Waals surface area contributed by atoms with E-state index in [-0.39, 0.29) is 11.4 Å². The smallest absolute Gasteiger partial charge is 0.344 e. The highest BCUT2D eigenvalue weighted by Crippen LogP contribution is 2.42. The van der Waals surface area contributed by atoms with E-state index in [0.717, 1.165) is 30.3 Å². The zero-order valence-electron chi connectivity index (χ0n) is 12.0. The zero-order chi connectivity index (χ0) is 18.7. The number of hydrogen-bond donors (Lipinski definition) is 1. The Kier molecular flexibility index (Phi) is 4.49. The molecule has 0 radical (unpaired) electrons. The minimum Gasteiger partial charge on any atom is -0.344 e. The van der Waals surface area contributed by atoms with E-state index in [4.69, 9.17) is 0 Å². The minimum atomic E-state index is -1.11. The van der Waals surface area contributed by atoms with Gasteiger partial charge in [0.2, 0.25) is 5.69 Å². The van der Waals surface area contributed by atoms with Gasteiger partial charge in [-0.05, 0) is 12.1 Å². The van der Waals surface area contributed by atoms with Crippen LogP contribution in [0.25, 0.3) is 0 Å². The van der Waals surface area contributed by atoms with Crippen LogP contribution in [0.5, 0.6) is 0 Å². The van der Waals surface area contributed by atoms with Gasteiger partial charge in [0.1, 0.15) is 0 Å². The molecular formula is C12H7N5O8. The van der Waals surface area contributed by atoms with Crippen LogP contribution in [0.1, 0.15) is 0 Å². The first-order chi connectivity index (χ1) is 11.7. The SMILES string of the molecule is O=[N+]([O-])c1ccc(Nc2c([N+](=O)[O-])ccc([N+](=O)[O-])c2[N+](=O)[O-])cc1. The number of nitrogens with one attached hydrogen (secondary N) is 1. The third-order valence-electron chi connectivity index (χ3n) is 3.06. The Labute approximate surface area is 137 Å². The van der Waals surface area contributed by atoms with Crippen LogP contribution in [0, 0.1) is 40.5 Å². The van der Waals surface area contributed by atoms with Crippen molar-refractivity contribution in [3.8, 4) is 0 Å². The van der Waals surface area contributed by atoms with Gasteiger partial charge in [0.05, 0.1) is 19.7 Å². The number of benzene rings is 2. The fourth-order valence-electron chi connectivity index (χ4n) is 1.99. The van der Waals surface area contributed by atoms with Crippen molar-refractivity contribution in [3.05, 3.63) is 76.9 Å². The van der Waals surface area contributed by atoms with Crippen molar-refractivity contribution in [1.29, 1.82) is 0 Å². The molecule has 0 aromatic heterocycles. The summed E-state index contributed by atoms with van der Waals surface area (Å²) >= 11 is 0. The standard InChI is InChI=1S/C12H7N5O8/c18-14(19)8-3-1-7(2-4-8)13-11-9(15(20)21)5-6-10(16(22)23)12(11)17(24)25/h1-6,13H. The van der Waals surface area contributed by atoms with Crippen LogP contribution in [0.2, 0.25) is 0 Å². The van der Waals surface area contributed by atoms with Gasteiger partial charge in [-0.1, -0.05) is 0 Å². The maximum Gasteiger partial charge on any atom is 0.376 e. The van der Waals surface area contributed by atoms with Gasteiger partial charge in [-0.2, -0.15) is 0 Å². The largest absolute Gasteiger partial charge is 0.376 e. The normalized spacial score (nSPS) is 10.1. The lowest BCUT2D eigenvalue weighted by Gasteiger charge is -2.08. The molecule has 2 aromatic rings. The predicted octanol–water partition coefficient (Wildman–Crippen LogP) is 3.06. The first-order valence-electron chi connectivity index (χ1n) is 6.34. The molecule has 13 nitrogen and oxygen atoms in total. The molecule has 0 amide bonds. The van der Waals surface area contributed by atoms with Crippen molar-refractivity contribution in [3.63, 3.8) is 0 Å². The Morgan fingerprint density at radius 2 is 1.16 bits per heavy atom. The van der Waals surface area contributed by atoms with Gasteiger partial charge in [-0.15, -0.1) is 0 Å². The fraction of sp³-hybridized carbons (Fsp3) is 0. The van der Waals surface area contributed by atoms with Gasteiger partial charge in [0, 0.05) is 30.0 Å². The molecule has 2 aromatic carbocycles. The predicted molar refractivity (Wildman–Crippen MR) is 82.8 cm³/mol. The highest BCUT2D eigenvalue weighted by atomic mass is 16.6. The first-order valence-corrected chi connectivity index (χ1v) is 6.34. The summed E-state index contributed by atoms with van der Waals surface area (Å²) in [5, 5.41) is 46.2. The molecule has 0 unspecified atom stereocenters. The Hall–Kier alpha value is -4.16. The van der Waals surface area contributed by atoms with Gasteiger partial charge in [-0.3, -0.25) is 40.5 Å². The number of non-ortho nitro benzene ring substituents is 1. The van der Waals surface area contributed by atoms with E-state index in [1.54, 1.807) is 0 Å². The molecule has 0 bridgehead atoms. The molecule has 0 atom stereocenters. The van der Waals surface area contributed by atoms with Crippen molar-refractivity contribution < 1.29 is 19.7 Å². The summed E-state index contributed by atoms with van der Waals surface area (Å²) in [5.41, 5.74) is -3.70. The molecule has 0 saturated carbocycles. The number of nitrogens with zero attached hydrogens (tertiary/aromatic N) is 4. The minimum absolute atomic E-state index is 0.0392. The van der Waals surface area contributed by atoms with Gasteiger partial charge in [0.25, 0.3) is 11.4 Å². The van der Waals surface area contributed by atoms with E-state index in [2.05, 4.69) is 5.32 Å². The lowest BCUT2D eigenvalue weighted by atomic mass is 10.2. The van der Waals surface area contributed by atoms with Crippen molar-refractivity contribution >= 4 is 34.1 Å². The number of nitro groups is 4. The third kappa shape index (κ3) is 3.44. The highest BCUT2D eigenvalue weighted by Gasteiger charge is 2.35. The summed E-state index contributed by atoms with van der Waals surface area (Å²) < 4.78 is 0. The van der Waals surface area contributed by atoms with Gasteiger partial charge in [-0.25, -0.2) is 0 Å². The molecule has 0 aliphatic carbocycles. The molecule has 128 valence electrons. The molecule has 0 fully saturated rings. The fourth-order valence-corrected chi connectivity index (χ4v) is 1.99. The maximum absolute atomic E-state index is 11.2. The Bertz CT molecular complexity index is 895. The topological polar surface area (TPSA) is 185 Å². The zero-order valence-corrected chi connectivity index (χ0v) is 12.0. The van der Waals surface area contributed by atoms with E-state index in [1.165, 1.54) is 0 Å². The second-order valence-electron chi connectivity index (χ2n) is 4.53. The first kappa shape index (κ1) is 17.2. The van der Waals surface area contributed by atoms with E-state index < -0.39 is 42.4 Å². The van der Waals surface area contributed by atoms with E-state index in [0.29, 0.717) is 6.07 Å². The molecule has 2 rings (SSSR count). The van der Waals surface area contributed by atoms with Crippen LogP contribution < -0.4 is 5.32 Å². The lowest BCUT2D eigenvalue weighted by Crippen LogP contribution is -2.05. The molecular weight excluding hydrogens is 342 g/mol. The van der Waals surface area contributed by atoms with Crippen LogP contribution >= 0.6 is 0 Å². The molecule has 0 spiro atoms. The number of rotatable bonds is 6. The summed E-state index contributed by atoms with van der Waals surface area (Å²) in [5.74, 6) is 0. The van der Waals surface area contributed by atoms with Crippen molar-refractivity contribution in [2.24, 2.45) is 0 Å². The van der Waals surface area contributed by atoms with Gasteiger partial charge in [0.15, 0.2) is 0 Å². The Balaban J connectivity index is 2.62. The molecule has 0 saturated heterocycles. The van der Waals surface area contributed by atoms with Crippen LogP contribution in [0.15, 0.2) is 36.4 Å². The number of hydrogen-bond acceptors (Lipinski definition) is 9. The van der Waals surface area contributed by atoms with E-state index in [9.17, 15) is 40.5 Å². The van der Waals surface area contributed by atoms with Crippen molar-refractivity contribution in [2.75, 3.05) is 5.32 Å². The Morgan fingerprint density at radius 3 is 1.60 bits per heavy atom. The number of anilines is 2. The summed E-state index contributed by atoms with van der Waals surface area (Å²) in [6, 6.07) is 5.87. The van der Waals surface area contributed by atoms with Crippen LogP contribution in [0.3, 0.4) is 0 Å². The van der Waals surface area contributed by atoms with Crippen LogP contribution in [-0.2, 0) is 0 Å². The van der Waals surface area contributed by atoms with E-state index in [1.807, 2.05) is 0 Å². The summed E-state index contributed by atoms with van der Waals surface area (Å²) in [6.45, 7) is 0. The average Bonchev–Trinajstić information content (AvgIpc) is 2.54. The highest BCUT2D eigenvalue weighted by molar-refractivity contribution is 5.84. The summed E-state index contributed by atoms with van der Waals surface area (Å²) in [7, 11) is 0. The molecule has 1 N–H and O–H groups in total. The summed E-state index contributed by atoms with van der Waals surface area (Å²) in [4.78, 5) is 40.1. The molecule has 0 aliphatic heterocycles. The molecule has 25 heavy (non-hydrogen) atoms. The molecule has 0 aliphatic rings. The lowest BCUT2D eigenvalue weighted by molar-refractivity contribution is -0.423. The van der Waals surface area contributed by atoms with Crippen molar-refractivity contribution in [2.45, 2.75) is 0 Å². The molecule has 0 heterocycles. The second-order valence-corrected chi connectivity index (χ2v) is 4.53. The second kappa shape index (κ2) is 6.53. The van der Waals surface area contributed by atoms with E-state index >= 15 is 0 Å². The monoisotopic (exact) mass is 349 g/mol. The summed E-state index contributed by atoms with van der Waals surface area (Å²) in [6.07, 6.45) is 0. The maximum atomic E-state index is 11.2. The average molecular weight is 349 g/mol. The number of nitro benzene ring substituents is 4. The Morgan fingerprint density at radius 1 is 0.640 bits per heavy atom. The van der Waals surface area contributed by atoms with Crippen LogP contribution in [0.4, 0.5) is 34.1 Å². The van der Waals surface area contributed by atoms with Crippen LogP contribution in [-0.4, -0.2) is 19.7 Å². The van der Waals surface area contributed by atoms with Gasteiger partial charge < -0.3 is 5.32 Å². The third-order valence-corrected chi connectivity index (χ3v) is 3.06. The van der Waals surface area contributed by atoms with Gasteiger partial charge >= 0.3 is 11.4 Å². The molecule has 13 heteroatoms.